The Balaban J connectivity index is 1.77. The highest BCUT2D eigenvalue weighted by atomic mass is 79.9. The van der Waals surface area contributed by atoms with Gasteiger partial charge in [-0.3, -0.25) is 0 Å². The molecule has 5 rings (SSSR count). The number of rotatable bonds is 20. The molecule has 4 aromatic rings. The fourth-order valence-electron chi connectivity index (χ4n) is 6.85. The van der Waals surface area contributed by atoms with Gasteiger partial charge in [0.2, 0.25) is 0 Å². The largest absolute Gasteiger partial charge is 0.491 e. The van der Waals surface area contributed by atoms with Gasteiger partial charge in [0.15, 0.2) is 0 Å². The average Bonchev–Trinajstić information content (AvgIpc) is 3.15. The molecule has 0 saturated carbocycles. The van der Waals surface area contributed by atoms with Crippen LogP contribution in [0.4, 0.5) is 0 Å². The Labute approximate surface area is 365 Å². The molecule has 0 heterocycles. The van der Waals surface area contributed by atoms with Crippen LogP contribution in [0.1, 0.15) is 72.2 Å². The van der Waals surface area contributed by atoms with Crippen molar-refractivity contribution < 1.29 is 37.9 Å². The lowest BCUT2D eigenvalue weighted by Crippen LogP contribution is -2.14. The van der Waals surface area contributed by atoms with Crippen LogP contribution in [0, 0.1) is 0 Å². The minimum absolute atomic E-state index is 0.411. The van der Waals surface area contributed by atoms with Crippen molar-refractivity contribution in [2.24, 2.45) is 0 Å². The molecule has 0 amide bonds. The number of benzene rings is 4. The van der Waals surface area contributed by atoms with E-state index in [9.17, 15) is 0 Å². The van der Waals surface area contributed by atoms with Crippen molar-refractivity contribution >= 4 is 63.7 Å². The van der Waals surface area contributed by atoms with E-state index in [1.165, 1.54) is 0 Å². The van der Waals surface area contributed by atoms with Crippen LogP contribution in [0.25, 0.3) is 0 Å². The van der Waals surface area contributed by atoms with Crippen molar-refractivity contribution in [2.45, 2.75) is 53.4 Å². The normalized spacial score (nSPS) is 12.4. The number of ether oxygens (including phenoxy) is 8. The zero-order chi connectivity index (χ0) is 39.9. The number of halogens is 4. The van der Waals surface area contributed by atoms with E-state index in [2.05, 4.69) is 112 Å². The SMILES string of the molecule is CCOCCOc1c2cc(Br)cc1Cc1cc(Br)cc(c1OCCOCC)Cc1cc(Br)cc(c1OCCOCC)Cc1cc(Br)cc(c1OCCOCC)C2. The predicted molar refractivity (Wildman–Crippen MR) is 236 cm³/mol. The lowest BCUT2D eigenvalue weighted by Gasteiger charge is -2.24. The van der Waals surface area contributed by atoms with Crippen LogP contribution in [0.15, 0.2) is 66.4 Å². The van der Waals surface area contributed by atoms with Gasteiger partial charge in [-0.25, -0.2) is 0 Å². The van der Waals surface area contributed by atoms with Gasteiger partial charge in [0, 0.05) is 115 Å². The Morgan fingerprint density at radius 3 is 0.661 bits per heavy atom. The van der Waals surface area contributed by atoms with Crippen LogP contribution < -0.4 is 18.9 Å². The molecule has 0 atom stereocenters. The average molecular weight is 1030 g/mol. The number of hydrogen-bond acceptors (Lipinski definition) is 8. The summed E-state index contributed by atoms with van der Waals surface area (Å²) in [6.07, 6.45) is 2.21. The van der Waals surface area contributed by atoms with Gasteiger partial charge >= 0.3 is 0 Å². The van der Waals surface area contributed by atoms with E-state index >= 15 is 0 Å². The third kappa shape index (κ3) is 12.9. The summed E-state index contributed by atoms with van der Waals surface area (Å²) in [5.74, 6) is 3.29. The van der Waals surface area contributed by atoms with Gasteiger partial charge in [-0.1, -0.05) is 63.7 Å². The molecule has 304 valence electrons. The minimum Gasteiger partial charge on any atom is -0.491 e. The maximum absolute atomic E-state index is 6.68. The Kier molecular flexibility index (Phi) is 18.8. The zero-order valence-electron chi connectivity index (χ0n) is 32.7. The van der Waals surface area contributed by atoms with Crippen molar-refractivity contribution in [2.75, 3.05) is 79.3 Å². The van der Waals surface area contributed by atoms with Gasteiger partial charge in [-0.15, -0.1) is 0 Å². The zero-order valence-corrected chi connectivity index (χ0v) is 39.1. The van der Waals surface area contributed by atoms with Gasteiger partial charge in [0.25, 0.3) is 0 Å². The summed E-state index contributed by atoms with van der Waals surface area (Å²) in [6.45, 7) is 14.0. The summed E-state index contributed by atoms with van der Waals surface area (Å²) in [5.41, 5.74) is 8.19. The second kappa shape index (κ2) is 23.4. The number of hydrogen-bond donors (Lipinski definition) is 0. The first kappa shape index (κ1) is 44.9. The van der Waals surface area contributed by atoms with Crippen LogP contribution in [0.5, 0.6) is 23.0 Å². The fourth-order valence-corrected chi connectivity index (χ4v) is 9.06. The van der Waals surface area contributed by atoms with Crippen molar-refractivity contribution in [3.8, 4) is 23.0 Å². The summed E-state index contributed by atoms with van der Waals surface area (Å²) in [6, 6.07) is 17.1. The fraction of sp³-hybridized carbons (Fsp3) is 0.455. The predicted octanol–water partition coefficient (Wildman–Crippen LogP) is 11.1. The molecular weight excluding hydrogens is 976 g/mol. The van der Waals surface area contributed by atoms with E-state index in [-0.39, 0.29) is 0 Å². The Morgan fingerprint density at radius 2 is 0.500 bits per heavy atom. The lowest BCUT2D eigenvalue weighted by molar-refractivity contribution is 0.108. The standard InChI is InChI=1S/C44H52Br4O8/c1-5-49-9-13-53-41-29-17-31-23-38(46)25-33(42(31)54-14-10-50-6-2)19-35-27-40(48)28-36(44(35)56-16-12-52-8-4)20-34-26-39(47)24-32(18-30(41)22-37(45)21-29)43(34)55-15-11-51-7-3/h21-28H,5-20H2,1-4H3. The Bertz CT molecular complexity index is 1520. The minimum atomic E-state index is 0.411. The topological polar surface area (TPSA) is 73.8 Å². The van der Waals surface area contributed by atoms with Crippen LogP contribution in [-0.2, 0) is 44.6 Å². The third-order valence-electron chi connectivity index (χ3n) is 9.07. The summed E-state index contributed by atoms with van der Waals surface area (Å²) >= 11 is 15.4. The molecule has 0 saturated heterocycles. The molecule has 4 aromatic carbocycles. The first-order valence-electron chi connectivity index (χ1n) is 19.3. The third-order valence-corrected chi connectivity index (χ3v) is 10.9. The molecule has 8 nitrogen and oxygen atoms in total. The van der Waals surface area contributed by atoms with Crippen LogP contribution in [-0.4, -0.2) is 79.3 Å². The molecule has 12 heteroatoms. The van der Waals surface area contributed by atoms with Gasteiger partial charge in [0.05, 0.1) is 26.4 Å². The van der Waals surface area contributed by atoms with Crippen LogP contribution in [0.2, 0.25) is 0 Å². The molecule has 0 spiro atoms. The van der Waals surface area contributed by atoms with E-state index in [0.717, 1.165) is 85.4 Å². The molecule has 56 heavy (non-hydrogen) atoms. The molecule has 1 aliphatic rings. The lowest BCUT2D eigenvalue weighted by atomic mass is 9.91. The van der Waals surface area contributed by atoms with Crippen LogP contribution >= 0.6 is 63.7 Å². The van der Waals surface area contributed by atoms with Gasteiger partial charge < -0.3 is 37.9 Å². The maximum atomic E-state index is 6.68. The van der Waals surface area contributed by atoms with E-state index in [0.29, 0.717) is 105 Å². The van der Waals surface area contributed by atoms with Gasteiger partial charge in [0.1, 0.15) is 49.4 Å². The van der Waals surface area contributed by atoms with Crippen molar-refractivity contribution in [3.05, 3.63) is 111 Å². The summed E-state index contributed by atoms with van der Waals surface area (Å²) in [7, 11) is 0. The van der Waals surface area contributed by atoms with Crippen molar-refractivity contribution in [1.82, 2.24) is 0 Å². The van der Waals surface area contributed by atoms with E-state index in [1.54, 1.807) is 0 Å². The first-order valence-corrected chi connectivity index (χ1v) is 22.5. The van der Waals surface area contributed by atoms with Crippen LogP contribution in [0.3, 0.4) is 0 Å². The molecule has 0 fully saturated rings. The maximum Gasteiger partial charge on any atom is 0.126 e. The molecule has 0 aliphatic heterocycles. The molecule has 0 radical (unpaired) electrons. The van der Waals surface area contributed by atoms with Crippen molar-refractivity contribution in [3.63, 3.8) is 0 Å². The monoisotopic (exact) mass is 1020 g/mol. The summed E-state index contributed by atoms with van der Waals surface area (Å²) in [4.78, 5) is 0. The van der Waals surface area contributed by atoms with Gasteiger partial charge in [-0.2, -0.15) is 0 Å². The molecule has 1 aliphatic carbocycles. The molecule has 0 N–H and O–H groups in total. The second-order valence-electron chi connectivity index (χ2n) is 13.1. The molecular formula is C44H52Br4O8. The first-order chi connectivity index (χ1) is 27.2. The highest BCUT2D eigenvalue weighted by Gasteiger charge is 2.24. The van der Waals surface area contributed by atoms with Crippen molar-refractivity contribution in [1.29, 1.82) is 0 Å². The van der Waals surface area contributed by atoms with E-state index in [1.807, 2.05) is 27.7 Å². The highest BCUT2D eigenvalue weighted by molar-refractivity contribution is 9.11. The molecule has 0 aromatic heterocycles. The Morgan fingerprint density at radius 1 is 0.321 bits per heavy atom. The quantitative estimate of drug-likeness (QED) is 0.0714. The molecule has 0 unspecified atom stereocenters. The van der Waals surface area contributed by atoms with E-state index in [4.69, 9.17) is 37.9 Å². The summed E-state index contributed by atoms with van der Waals surface area (Å²) in [5, 5.41) is 0. The van der Waals surface area contributed by atoms with Gasteiger partial charge in [-0.05, 0) is 76.2 Å². The Hall–Kier alpha value is -2.16. The summed E-state index contributed by atoms with van der Waals surface area (Å²) < 4.78 is 53.4. The smallest absolute Gasteiger partial charge is 0.126 e. The highest BCUT2D eigenvalue weighted by Crippen LogP contribution is 2.42. The number of fused-ring (bicyclic) bond motifs is 8. The molecule has 8 bridgehead atoms. The van der Waals surface area contributed by atoms with E-state index < -0.39 is 0 Å². The second-order valence-corrected chi connectivity index (χ2v) is 16.8.